The van der Waals surface area contributed by atoms with Crippen LogP contribution >= 0.6 is 23.5 Å². The van der Waals surface area contributed by atoms with Crippen molar-refractivity contribution >= 4 is 39.5 Å². The van der Waals surface area contributed by atoms with Crippen LogP contribution in [-0.2, 0) is 10.5 Å². The third-order valence-electron chi connectivity index (χ3n) is 3.93. The highest BCUT2D eigenvalue weighted by Crippen LogP contribution is 2.34. The van der Waals surface area contributed by atoms with Gasteiger partial charge in [0.05, 0.1) is 17.5 Å². The van der Waals surface area contributed by atoms with Crippen molar-refractivity contribution in [3.8, 4) is 6.07 Å². The number of fused-ring (bicyclic) bond motifs is 1. The lowest BCUT2D eigenvalue weighted by Crippen LogP contribution is -2.45. The van der Waals surface area contributed by atoms with Crippen LogP contribution in [0.1, 0.15) is 31.2 Å². The van der Waals surface area contributed by atoms with Crippen LogP contribution in [0.5, 0.6) is 0 Å². The largest absolute Gasteiger partial charge is 0.337 e. The number of aliphatic imine (C=N–C) groups is 1. The summed E-state index contributed by atoms with van der Waals surface area (Å²) in [5.74, 6) is 1.14. The van der Waals surface area contributed by atoms with E-state index in [0.29, 0.717) is 5.75 Å². The maximum Gasteiger partial charge on any atom is 0.231 e. The van der Waals surface area contributed by atoms with E-state index in [2.05, 4.69) is 22.4 Å². The van der Waals surface area contributed by atoms with Crippen molar-refractivity contribution in [3.05, 3.63) is 29.8 Å². The van der Waals surface area contributed by atoms with E-state index in [1.807, 2.05) is 18.2 Å². The number of amides is 1. The maximum atomic E-state index is 12.1. The highest BCUT2D eigenvalue weighted by molar-refractivity contribution is 8.38. The van der Waals surface area contributed by atoms with E-state index in [1.54, 1.807) is 11.8 Å². The Bertz CT molecular complexity index is 645. The van der Waals surface area contributed by atoms with Gasteiger partial charge in [-0.15, -0.1) is 0 Å². The molecular formula is C16H17N3OS2. The molecule has 0 atom stereocenters. The molecule has 0 unspecified atom stereocenters. The van der Waals surface area contributed by atoms with Gasteiger partial charge in [0.25, 0.3) is 0 Å². The third kappa shape index (κ3) is 3.47. The molecule has 1 amide bonds. The van der Waals surface area contributed by atoms with Crippen molar-refractivity contribution in [1.29, 1.82) is 5.26 Å². The maximum absolute atomic E-state index is 12.1. The highest BCUT2D eigenvalue weighted by Gasteiger charge is 2.35. The fourth-order valence-electron chi connectivity index (χ4n) is 2.76. The van der Waals surface area contributed by atoms with Gasteiger partial charge in [-0.05, 0) is 37.3 Å². The first-order valence-electron chi connectivity index (χ1n) is 7.35. The number of nitrogens with zero attached hydrogens (tertiary/aromatic N) is 2. The minimum absolute atomic E-state index is 0.0735. The number of para-hydroxylation sites is 1. The number of rotatable bonds is 3. The van der Waals surface area contributed by atoms with Crippen molar-refractivity contribution < 1.29 is 4.79 Å². The second-order valence-corrected chi connectivity index (χ2v) is 7.72. The fourth-order valence-corrected chi connectivity index (χ4v) is 4.62. The lowest BCUT2D eigenvalue weighted by molar-refractivity contribution is -0.119. The normalized spacial score (nSPS) is 19.0. The monoisotopic (exact) mass is 331 g/mol. The first kappa shape index (κ1) is 15.4. The van der Waals surface area contributed by atoms with Crippen LogP contribution in [0.4, 0.5) is 5.69 Å². The fraction of sp³-hybridized carbons (Fsp3) is 0.438. The van der Waals surface area contributed by atoms with E-state index < -0.39 is 5.54 Å². The van der Waals surface area contributed by atoms with Crippen molar-refractivity contribution in [2.45, 2.75) is 37.0 Å². The molecular weight excluding hydrogens is 314 g/mol. The predicted octanol–water partition coefficient (Wildman–Crippen LogP) is 3.61. The zero-order chi connectivity index (χ0) is 15.4. The van der Waals surface area contributed by atoms with Gasteiger partial charge in [0.2, 0.25) is 5.91 Å². The van der Waals surface area contributed by atoms with Gasteiger partial charge in [-0.25, -0.2) is 4.99 Å². The van der Waals surface area contributed by atoms with Gasteiger partial charge < -0.3 is 5.32 Å². The molecule has 114 valence electrons. The molecule has 22 heavy (non-hydrogen) atoms. The van der Waals surface area contributed by atoms with E-state index in [1.165, 1.54) is 17.3 Å². The molecule has 0 aromatic heterocycles. The Balaban J connectivity index is 1.56. The van der Waals surface area contributed by atoms with E-state index in [4.69, 9.17) is 0 Å². The molecule has 0 radical (unpaired) electrons. The Morgan fingerprint density at radius 2 is 2.18 bits per heavy atom. The SMILES string of the molecule is N#CC1(NC(=O)CSC2=Nc3ccccc3CS2)CCCC1. The molecule has 3 rings (SSSR count). The lowest BCUT2D eigenvalue weighted by atomic mass is 10.0. The number of nitrogens with one attached hydrogen (secondary N) is 1. The highest BCUT2D eigenvalue weighted by atomic mass is 32.2. The molecule has 0 saturated heterocycles. The van der Waals surface area contributed by atoms with Gasteiger partial charge in [-0.3, -0.25) is 4.79 Å². The van der Waals surface area contributed by atoms with Gasteiger partial charge in [0.15, 0.2) is 0 Å². The Kier molecular flexibility index (Phi) is 4.74. The molecule has 1 aliphatic heterocycles. The lowest BCUT2D eigenvalue weighted by Gasteiger charge is -2.22. The summed E-state index contributed by atoms with van der Waals surface area (Å²) in [6.45, 7) is 0. The zero-order valence-corrected chi connectivity index (χ0v) is 13.8. The van der Waals surface area contributed by atoms with Crippen molar-refractivity contribution in [2.75, 3.05) is 5.75 Å². The Morgan fingerprint density at radius 1 is 1.41 bits per heavy atom. The molecule has 0 spiro atoms. The first-order valence-corrected chi connectivity index (χ1v) is 9.32. The van der Waals surface area contributed by atoms with Crippen LogP contribution < -0.4 is 5.32 Å². The molecule has 0 bridgehead atoms. The van der Waals surface area contributed by atoms with Crippen molar-refractivity contribution in [2.24, 2.45) is 4.99 Å². The van der Waals surface area contributed by atoms with Gasteiger partial charge in [-0.1, -0.05) is 41.7 Å². The van der Waals surface area contributed by atoms with Gasteiger partial charge in [-0.2, -0.15) is 5.26 Å². The molecule has 1 saturated carbocycles. The summed E-state index contributed by atoms with van der Waals surface area (Å²) in [6, 6.07) is 10.4. The topological polar surface area (TPSA) is 65.2 Å². The summed E-state index contributed by atoms with van der Waals surface area (Å²) in [4.78, 5) is 16.7. The summed E-state index contributed by atoms with van der Waals surface area (Å²) >= 11 is 3.12. The summed E-state index contributed by atoms with van der Waals surface area (Å²) in [7, 11) is 0. The molecule has 4 nitrogen and oxygen atoms in total. The Hall–Kier alpha value is -1.45. The summed E-state index contributed by atoms with van der Waals surface area (Å²) in [5, 5.41) is 12.2. The molecule has 1 fully saturated rings. The molecule has 1 aromatic rings. The van der Waals surface area contributed by atoms with Crippen molar-refractivity contribution in [1.82, 2.24) is 5.32 Å². The van der Waals surface area contributed by atoms with Crippen LogP contribution in [0.25, 0.3) is 0 Å². The first-order chi connectivity index (χ1) is 10.7. The van der Waals surface area contributed by atoms with E-state index in [-0.39, 0.29) is 5.91 Å². The second-order valence-electron chi connectivity index (χ2n) is 5.53. The number of thioether (sulfide) groups is 2. The van der Waals surface area contributed by atoms with Gasteiger partial charge in [0.1, 0.15) is 9.91 Å². The minimum Gasteiger partial charge on any atom is -0.337 e. The number of carbonyl (C=O) groups is 1. The number of hydrogen-bond acceptors (Lipinski definition) is 5. The van der Waals surface area contributed by atoms with Crippen LogP contribution in [0, 0.1) is 11.3 Å². The smallest absolute Gasteiger partial charge is 0.231 e. The zero-order valence-electron chi connectivity index (χ0n) is 12.2. The summed E-state index contributed by atoms with van der Waals surface area (Å²) < 4.78 is 0.922. The van der Waals surface area contributed by atoms with Crippen LogP contribution in [0.2, 0.25) is 0 Å². The average molecular weight is 331 g/mol. The number of nitriles is 1. The average Bonchev–Trinajstić information content (AvgIpc) is 3.02. The van der Waals surface area contributed by atoms with Crippen LogP contribution in [0.3, 0.4) is 0 Å². The molecule has 1 N–H and O–H groups in total. The predicted molar refractivity (Wildman–Crippen MR) is 92.2 cm³/mol. The minimum atomic E-state index is -0.633. The van der Waals surface area contributed by atoms with Gasteiger partial charge in [0, 0.05) is 5.75 Å². The van der Waals surface area contributed by atoms with E-state index in [0.717, 1.165) is 41.5 Å². The van der Waals surface area contributed by atoms with Crippen molar-refractivity contribution in [3.63, 3.8) is 0 Å². The van der Waals surface area contributed by atoms with Crippen LogP contribution in [-0.4, -0.2) is 21.6 Å². The Labute approximate surface area is 138 Å². The van der Waals surface area contributed by atoms with E-state index in [9.17, 15) is 10.1 Å². The molecule has 2 aliphatic rings. The van der Waals surface area contributed by atoms with Crippen LogP contribution in [0.15, 0.2) is 29.3 Å². The quantitative estimate of drug-likeness (QED) is 0.919. The molecule has 6 heteroatoms. The summed E-state index contributed by atoms with van der Waals surface area (Å²) in [6.07, 6.45) is 3.56. The summed E-state index contributed by atoms with van der Waals surface area (Å²) in [5.41, 5.74) is 1.59. The molecule has 1 heterocycles. The molecule has 1 aliphatic carbocycles. The standard InChI is InChI=1S/C16H17N3OS2/c17-11-16(7-3-4-8-16)19-14(20)10-22-15-18-13-6-2-1-5-12(13)9-21-15/h1-2,5-6H,3-4,7-10H2,(H,19,20). The second kappa shape index (κ2) is 6.76. The van der Waals surface area contributed by atoms with E-state index >= 15 is 0 Å². The Morgan fingerprint density at radius 3 is 2.95 bits per heavy atom. The number of hydrogen-bond donors (Lipinski definition) is 1. The molecule has 1 aromatic carbocycles. The number of benzene rings is 1. The number of carbonyl (C=O) groups excluding carboxylic acids is 1. The van der Waals surface area contributed by atoms with Gasteiger partial charge >= 0.3 is 0 Å². The third-order valence-corrected chi connectivity index (χ3v) is 6.18.